The minimum atomic E-state index is -0.627. The molecule has 30 heavy (non-hydrogen) atoms. The molecule has 0 saturated carbocycles. The Balaban J connectivity index is 1.90. The number of nitriles is 1. The first-order chi connectivity index (χ1) is 14.5. The summed E-state index contributed by atoms with van der Waals surface area (Å²) < 4.78 is 12.6. The molecule has 3 heterocycles. The number of hydrogen-bond acceptors (Lipinski definition) is 6. The summed E-state index contributed by atoms with van der Waals surface area (Å²) in [5, 5.41) is 9.76. The molecule has 0 amide bonds. The summed E-state index contributed by atoms with van der Waals surface area (Å²) in [6.45, 7) is 2.20. The lowest BCUT2D eigenvalue weighted by Gasteiger charge is -2.27. The molecule has 0 saturated heterocycles. The van der Waals surface area contributed by atoms with Crippen LogP contribution < -0.4 is 20.8 Å². The van der Waals surface area contributed by atoms with E-state index in [1.807, 2.05) is 31.2 Å². The first kappa shape index (κ1) is 19.3. The molecule has 1 aliphatic rings. The van der Waals surface area contributed by atoms with Crippen molar-refractivity contribution in [2.75, 3.05) is 7.11 Å². The number of benzene rings is 1. The van der Waals surface area contributed by atoms with E-state index in [-0.39, 0.29) is 17.0 Å². The highest BCUT2D eigenvalue weighted by Gasteiger charge is 2.34. The van der Waals surface area contributed by atoms with Crippen LogP contribution in [0.5, 0.6) is 11.5 Å². The first-order valence-electron chi connectivity index (χ1n) is 9.38. The van der Waals surface area contributed by atoms with Crippen molar-refractivity contribution in [3.63, 3.8) is 0 Å². The largest absolute Gasteiger partial charge is 0.497 e. The van der Waals surface area contributed by atoms with Crippen LogP contribution in [0, 0.1) is 18.3 Å². The lowest BCUT2D eigenvalue weighted by atomic mass is 9.84. The van der Waals surface area contributed by atoms with Gasteiger partial charge in [0.25, 0.3) is 5.56 Å². The molecule has 0 radical (unpaired) electrons. The van der Waals surface area contributed by atoms with Crippen molar-refractivity contribution in [3.05, 3.63) is 99.1 Å². The summed E-state index contributed by atoms with van der Waals surface area (Å²) in [4.78, 5) is 17.7. The number of rotatable bonds is 4. The first-order valence-corrected chi connectivity index (χ1v) is 9.38. The fourth-order valence-corrected chi connectivity index (χ4v) is 3.69. The summed E-state index contributed by atoms with van der Waals surface area (Å²) in [6, 6.07) is 14.9. The predicted molar refractivity (Wildman–Crippen MR) is 111 cm³/mol. The zero-order valence-electron chi connectivity index (χ0n) is 16.6. The number of pyridine rings is 2. The summed E-state index contributed by atoms with van der Waals surface area (Å²) in [7, 11) is 1.58. The van der Waals surface area contributed by atoms with Gasteiger partial charge in [-0.05, 0) is 36.2 Å². The lowest BCUT2D eigenvalue weighted by molar-refractivity contribution is 0.388. The van der Waals surface area contributed by atoms with Crippen molar-refractivity contribution in [2.45, 2.75) is 19.4 Å². The molecule has 7 nitrogen and oxygen atoms in total. The van der Waals surface area contributed by atoms with Crippen molar-refractivity contribution < 1.29 is 9.47 Å². The van der Waals surface area contributed by atoms with Gasteiger partial charge in [-0.1, -0.05) is 18.2 Å². The van der Waals surface area contributed by atoms with Crippen molar-refractivity contribution in [1.82, 2.24) is 9.55 Å². The second-order valence-electron chi connectivity index (χ2n) is 7.01. The van der Waals surface area contributed by atoms with Gasteiger partial charge in [0, 0.05) is 24.2 Å². The van der Waals surface area contributed by atoms with Gasteiger partial charge in [0.2, 0.25) is 5.88 Å². The maximum atomic E-state index is 13.6. The van der Waals surface area contributed by atoms with Gasteiger partial charge >= 0.3 is 0 Å². The molecule has 1 unspecified atom stereocenters. The Kier molecular flexibility index (Phi) is 4.98. The molecule has 0 bridgehead atoms. The quantitative estimate of drug-likeness (QED) is 0.722. The summed E-state index contributed by atoms with van der Waals surface area (Å²) in [5.74, 6) is 0.434. The Bertz CT molecular complexity index is 1220. The number of ether oxygens (including phenoxy) is 2. The van der Waals surface area contributed by atoms with Gasteiger partial charge in [0.15, 0.2) is 0 Å². The van der Waals surface area contributed by atoms with Crippen LogP contribution in [0.15, 0.2) is 71.1 Å². The molecular formula is C23H20N4O3. The SMILES string of the molecule is COc1ccc(C2C(C#N)=C(N)Oc3cc(C)n(Cc4cccnc4)c(=O)c32)cc1. The van der Waals surface area contributed by atoms with Gasteiger partial charge in [-0.15, -0.1) is 0 Å². The van der Waals surface area contributed by atoms with E-state index in [2.05, 4.69) is 11.1 Å². The van der Waals surface area contributed by atoms with Gasteiger partial charge < -0.3 is 19.8 Å². The minimum absolute atomic E-state index is 0.00891. The molecule has 2 aromatic heterocycles. The number of aryl methyl sites for hydroxylation is 1. The van der Waals surface area contributed by atoms with Crippen LogP contribution in [0.3, 0.4) is 0 Å². The van der Waals surface area contributed by atoms with Crippen LogP contribution in [0.25, 0.3) is 0 Å². The van der Waals surface area contributed by atoms with Gasteiger partial charge in [-0.3, -0.25) is 9.78 Å². The molecule has 150 valence electrons. The van der Waals surface area contributed by atoms with Crippen molar-refractivity contribution in [1.29, 1.82) is 5.26 Å². The smallest absolute Gasteiger partial charge is 0.259 e. The summed E-state index contributed by atoms with van der Waals surface area (Å²) in [6.07, 6.45) is 3.41. The molecule has 1 aliphatic heterocycles. The Labute approximate surface area is 173 Å². The third kappa shape index (κ3) is 3.29. The van der Waals surface area contributed by atoms with Crippen LogP contribution in [-0.4, -0.2) is 16.7 Å². The Hall–Kier alpha value is -4.05. The average Bonchev–Trinajstić information content (AvgIpc) is 2.76. The number of allylic oxidation sites excluding steroid dienone is 1. The van der Waals surface area contributed by atoms with Crippen LogP contribution in [-0.2, 0) is 6.54 Å². The predicted octanol–water partition coefficient (Wildman–Crippen LogP) is 2.83. The number of hydrogen-bond donors (Lipinski definition) is 1. The van der Waals surface area contributed by atoms with E-state index in [1.54, 1.807) is 42.3 Å². The van der Waals surface area contributed by atoms with Gasteiger partial charge in [-0.2, -0.15) is 5.26 Å². The molecule has 0 fully saturated rings. The van der Waals surface area contributed by atoms with E-state index in [0.717, 1.165) is 16.8 Å². The maximum Gasteiger partial charge on any atom is 0.259 e. The fourth-order valence-electron chi connectivity index (χ4n) is 3.69. The number of nitrogens with two attached hydrogens (primary N) is 1. The molecular weight excluding hydrogens is 380 g/mol. The second kappa shape index (κ2) is 7.76. The zero-order chi connectivity index (χ0) is 21.3. The molecule has 1 atom stereocenters. The second-order valence-corrected chi connectivity index (χ2v) is 7.01. The minimum Gasteiger partial charge on any atom is -0.497 e. The standard InChI is InChI=1S/C23H20N4O3/c1-14-10-19-21(23(28)27(14)13-15-4-3-9-26-12-15)20(18(11-24)22(25)30-19)16-5-7-17(29-2)8-6-16/h3-10,12,20H,13,25H2,1-2H3. The van der Waals surface area contributed by atoms with Crippen LogP contribution in [0.4, 0.5) is 0 Å². The molecule has 7 heteroatoms. The van der Waals surface area contributed by atoms with E-state index >= 15 is 0 Å². The Morgan fingerprint density at radius 3 is 2.70 bits per heavy atom. The average molecular weight is 400 g/mol. The van der Waals surface area contributed by atoms with Crippen LogP contribution in [0.2, 0.25) is 0 Å². The normalized spacial score (nSPS) is 15.2. The van der Waals surface area contributed by atoms with Crippen LogP contribution in [0.1, 0.15) is 28.3 Å². The third-order valence-electron chi connectivity index (χ3n) is 5.20. The van der Waals surface area contributed by atoms with E-state index in [4.69, 9.17) is 15.2 Å². The van der Waals surface area contributed by atoms with E-state index in [9.17, 15) is 10.1 Å². The highest BCUT2D eigenvalue weighted by Crippen LogP contribution is 2.40. The Morgan fingerprint density at radius 2 is 2.07 bits per heavy atom. The highest BCUT2D eigenvalue weighted by atomic mass is 16.5. The zero-order valence-corrected chi connectivity index (χ0v) is 16.6. The van der Waals surface area contributed by atoms with E-state index < -0.39 is 5.92 Å². The third-order valence-corrected chi connectivity index (χ3v) is 5.20. The van der Waals surface area contributed by atoms with Crippen LogP contribution >= 0.6 is 0 Å². The summed E-state index contributed by atoms with van der Waals surface area (Å²) >= 11 is 0. The van der Waals surface area contributed by atoms with Crippen molar-refractivity contribution >= 4 is 0 Å². The maximum absolute atomic E-state index is 13.6. The van der Waals surface area contributed by atoms with Gasteiger partial charge in [-0.25, -0.2) is 0 Å². The van der Waals surface area contributed by atoms with E-state index in [1.165, 1.54) is 0 Å². The monoisotopic (exact) mass is 400 g/mol. The molecule has 4 rings (SSSR count). The fraction of sp³-hybridized carbons (Fsp3) is 0.174. The summed E-state index contributed by atoms with van der Waals surface area (Å²) in [5.41, 5.74) is 8.80. The Morgan fingerprint density at radius 1 is 1.30 bits per heavy atom. The number of fused-ring (bicyclic) bond motifs is 1. The highest BCUT2D eigenvalue weighted by molar-refractivity contribution is 5.55. The lowest BCUT2D eigenvalue weighted by Crippen LogP contribution is -2.33. The molecule has 0 spiro atoms. The molecule has 0 aliphatic carbocycles. The van der Waals surface area contributed by atoms with E-state index in [0.29, 0.717) is 23.6 Å². The molecule has 2 N–H and O–H groups in total. The molecule has 3 aromatic rings. The van der Waals surface area contributed by atoms with Gasteiger partial charge in [0.05, 0.1) is 25.1 Å². The van der Waals surface area contributed by atoms with Crippen molar-refractivity contribution in [2.24, 2.45) is 5.73 Å². The number of aromatic nitrogens is 2. The number of nitrogens with zero attached hydrogens (tertiary/aromatic N) is 3. The number of methoxy groups -OCH3 is 1. The van der Waals surface area contributed by atoms with Crippen molar-refractivity contribution in [3.8, 4) is 17.6 Å². The topological polar surface area (TPSA) is 103 Å². The molecule has 1 aromatic carbocycles. The van der Waals surface area contributed by atoms with Gasteiger partial charge in [0.1, 0.15) is 23.1 Å².